The van der Waals surface area contributed by atoms with Crippen molar-refractivity contribution in [3.8, 4) is 0 Å². The molecule has 1 aromatic carbocycles. The van der Waals surface area contributed by atoms with Crippen molar-refractivity contribution in [2.45, 2.75) is 25.3 Å². The van der Waals surface area contributed by atoms with Gasteiger partial charge in [0, 0.05) is 11.1 Å². The maximum absolute atomic E-state index is 11.5. The quantitative estimate of drug-likeness (QED) is 0.695. The molecule has 16 heavy (non-hydrogen) atoms. The van der Waals surface area contributed by atoms with Crippen molar-refractivity contribution in [3.05, 3.63) is 23.2 Å². The van der Waals surface area contributed by atoms with Gasteiger partial charge in [-0.3, -0.25) is 0 Å². The first kappa shape index (κ1) is 11.1. The number of hydrogen-bond acceptors (Lipinski definition) is 2. The highest BCUT2D eigenvalue weighted by molar-refractivity contribution is 6.31. The van der Waals surface area contributed by atoms with Gasteiger partial charge in [-0.1, -0.05) is 11.6 Å². The molecular formula is C11H14ClN3O. The Morgan fingerprint density at radius 2 is 2.19 bits per heavy atom. The molecule has 1 aromatic rings. The van der Waals surface area contributed by atoms with Crippen LogP contribution in [0.15, 0.2) is 18.2 Å². The van der Waals surface area contributed by atoms with E-state index in [-0.39, 0.29) is 6.03 Å². The van der Waals surface area contributed by atoms with Crippen molar-refractivity contribution in [1.82, 2.24) is 5.32 Å². The van der Waals surface area contributed by atoms with E-state index in [0.29, 0.717) is 22.4 Å². The molecule has 2 amide bonds. The third kappa shape index (κ3) is 2.58. The van der Waals surface area contributed by atoms with Crippen molar-refractivity contribution in [2.24, 2.45) is 0 Å². The molecule has 4 N–H and O–H groups in total. The van der Waals surface area contributed by atoms with Gasteiger partial charge in [0.25, 0.3) is 0 Å². The number of urea groups is 1. The number of nitrogens with one attached hydrogen (secondary N) is 2. The van der Waals surface area contributed by atoms with E-state index in [9.17, 15) is 4.79 Å². The van der Waals surface area contributed by atoms with Gasteiger partial charge in [-0.15, -0.1) is 0 Å². The Balaban J connectivity index is 1.94. The van der Waals surface area contributed by atoms with E-state index < -0.39 is 0 Å². The van der Waals surface area contributed by atoms with Crippen LogP contribution in [-0.4, -0.2) is 12.1 Å². The fourth-order valence-electron chi connectivity index (χ4n) is 1.54. The molecule has 0 aromatic heterocycles. The molecular weight excluding hydrogens is 226 g/mol. The number of benzene rings is 1. The van der Waals surface area contributed by atoms with Crippen LogP contribution in [0.25, 0.3) is 0 Å². The molecule has 0 saturated heterocycles. The zero-order valence-electron chi connectivity index (χ0n) is 8.79. The van der Waals surface area contributed by atoms with Gasteiger partial charge in [0.2, 0.25) is 0 Å². The highest BCUT2D eigenvalue weighted by atomic mass is 35.5. The predicted octanol–water partition coefficient (Wildman–Crippen LogP) is 2.60. The van der Waals surface area contributed by atoms with E-state index >= 15 is 0 Å². The number of rotatable bonds is 2. The van der Waals surface area contributed by atoms with Gasteiger partial charge in [0.15, 0.2) is 0 Å². The number of nitrogen functional groups attached to an aromatic ring is 1. The fraction of sp³-hybridized carbons (Fsp3) is 0.364. The first-order chi connectivity index (χ1) is 7.65. The third-order valence-corrected chi connectivity index (χ3v) is 2.94. The van der Waals surface area contributed by atoms with Gasteiger partial charge in [0.1, 0.15) is 0 Å². The highest BCUT2D eigenvalue weighted by Gasteiger charge is 2.19. The van der Waals surface area contributed by atoms with Gasteiger partial charge >= 0.3 is 6.03 Å². The Morgan fingerprint density at radius 1 is 1.44 bits per heavy atom. The van der Waals surface area contributed by atoms with Gasteiger partial charge in [-0.2, -0.15) is 0 Å². The van der Waals surface area contributed by atoms with E-state index in [1.165, 1.54) is 6.42 Å². The van der Waals surface area contributed by atoms with Crippen molar-refractivity contribution in [2.75, 3.05) is 11.1 Å². The van der Waals surface area contributed by atoms with Crippen LogP contribution in [-0.2, 0) is 0 Å². The number of nitrogens with two attached hydrogens (primary N) is 1. The second kappa shape index (κ2) is 4.61. The molecule has 1 aliphatic rings. The van der Waals surface area contributed by atoms with Crippen LogP contribution in [0.5, 0.6) is 0 Å². The number of amides is 2. The molecule has 1 aliphatic carbocycles. The number of hydrogen-bond donors (Lipinski definition) is 3. The molecule has 4 nitrogen and oxygen atoms in total. The number of halogens is 1. The topological polar surface area (TPSA) is 67.1 Å². The molecule has 86 valence electrons. The molecule has 0 unspecified atom stereocenters. The van der Waals surface area contributed by atoms with Crippen LogP contribution in [0.1, 0.15) is 19.3 Å². The average molecular weight is 240 g/mol. The number of anilines is 2. The minimum atomic E-state index is -0.210. The zero-order valence-corrected chi connectivity index (χ0v) is 9.55. The van der Waals surface area contributed by atoms with Crippen molar-refractivity contribution in [1.29, 1.82) is 0 Å². The van der Waals surface area contributed by atoms with Crippen LogP contribution in [0, 0.1) is 0 Å². The number of carbonyl (C=O) groups excluding carboxylic acids is 1. The summed E-state index contributed by atoms with van der Waals surface area (Å²) >= 11 is 5.76. The molecule has 1 saturated carbocycles. The summed E-state index contributed by atoms with van der Waals surface area (Å²) in [5.41, 5.74) is 6.77. The van der Waals surface area contributed by atoms with E-state index in [0.717, 1.165) is 12.8 Å². The van der Waals surface area contributed by atoms with E-state index in [1.54, 1.807) is 18.2 Å². The summed E-state index contributed by atoms with van der Waals surface area (Å²) in [6, 6.07) is 5.10. The molecule has 5 heteroatoms. The van der Waals surface area contributed by atoms with Crippen molar-refractivity contribution in [3.63, 3.8) is 0 Å². The minimum Gasteiger partial charge on any atom is -0.397 e. The van der Waals surface area contributed by atoms with Crippen molar-refractivity contribution >= 4 is 29.0 Å². The predicted molar refractivity (Wildman–Crippen MR) is 65.7 cm³/mol. The second-order valence-electron chi connectivity index (χ2n) is 3.96. The van der Waals surface area contributed by atoms with Crippen LogP contribution in [0.4, 0.5) is 16.2 Å². The first-order valence-corrected chi connectivity index (χ1v) is 5.65. The summed E-state index contributed by atoms with van der Waals surface area (Å²) in [5.74, 6) is 0. The highest BCUT2D eigenvalue weighted by Crippen LogP contribution is 2.23. The summed E-state index contributed by atoms with van der Waals surface area (Å²) in [6.45, 7) is 0. The molecule has 0 bridgehead atoms. The lowest BCUT2D eigenvalue weighted by atomic mass is 9.93. The van der Waals surface area contributed by atoms with E-state index in [1.807, 2.05) is 0 Å². The zero-order chi connectivity index (χ0) is 11.5. The van der Waals surface area contributed by atoms with Crippen LogP contribution >= 0.6 is 11.6 Å². The fourth-order valence-corrected chi connectivity index (χ4v) is 1.72. The molecule has 0 atom stereocenters. The molecule has 1 fully saturated rings. The van der Waals surface area contributed by atoms with Crippen LogP contribution in [0.3, 0.4) is 0 Å². The Hall–Kier alpha value is -1.42. The van der Waals surface area contributed by atoms with Crippen LogP contribution in [0.2, 0.25) is 5.02 Å². The largest absolute Gasteiger partial charge is 0.397 e. The Morgan fingerprint density at radius 3 is 2.75 bits per heavy atom. The maximum Gasteiger partial charge on any atom is 0.319 e. The smallest absolute Gasteiger partial charge is 0.319 e. The molecule has 0 aliphatic heterocycles. The Labute approximate surface area is 99.2 Å². The minimum absolute atomic E-state index is 0.210. The SMILES string of the molecule is Nc1cc(Cl)ccc1NC(=O)NC1CCC1. The number of carbonyl (C=O) groups is 1. The average Bonchev–Trinajstić information content (AvgIpc) is 2.16. The van der Waals surface area contributed by atoms with Gasteiger partial charge in [0.05, 0.1) is 11.4 Å². The summed E-state index contributed by atoms with van der Waals surface area (Å²) in [4.78, 5) is 11.5. The normalized spacial score (nSPS) is 15.3. The summed E-state index contributed by atoms with van der Waals surface area (Å²) in [7, 11) is 0. The lowest BCUT2D eigenvalue weighted by Crippen LogP contribution is -2.41. The lowest BCUT2D eigenvalue weighted by Gasteiger charge is -2.26. The maximum atomic E-state index is 11.5. The Bertz CT molecular complexity index is 404. The first-order valence-electron chi connectivity index (χ1n) is 5.27. The van der Waals surface area contributed by atoms with Crippen LogP contribution < -0.4 is 16.4 Å². The van der Waals surface area contributed by atoms with Gasteiger partial charge in [-0.25, -0.2) is 4.79 Å². The standard InChI is InChI=1S/C11H14ClN3O/c12-7-4-5-10(9(13)6-7)15-11(16)14-8-2-1-3-8/h4-6,8H,1-3,13H2,(H2,14,15,16). The van der Waals surface area contributed by atoms with E-state index in [2.05, 4.69) is 10.6 Å². The summed E-state index contributed by atoms with van der Waals surface area (Å²) < 4.78 is 0. The van der Waals surface area contributed by atoms with E-state index in [4.69, 9.17) is 17.3 Å². The van der Waals surface area contributed by atoms with Gasteiger partial charge in [-0.05, 0) is 37.5 Å². The summed E-state index contributed by atoms with van der Waals surface area (Å²) in [5, 5.41) is 6.13. The lowest BCUT2D eigenvalue weighted by molar-refractivity contribution is 0.240. The molecule has 2 rings (SSSR count). The Kier molecular flexibility index (Phi) is 3.19. The second-order valence-corrected chi connectivity index (χ2v) is 4.39. The summed E-state index contributed by atoms with van der Waals surface area (Å²) in [6.07, 6.45) is 3.31. The molecule has 0 spiro atoms. The molecule has 0 radical (unpaired) electrons. The monoisotopic (exact) mass is 239 g/mol. The van der Waals surface area contributed by atoms with Gasteiger partial charge < -0.3 is 16.4 Å². The van der Waals surface area contributed by atoms with Crippen molar-refractivity contribution < 1.29 is 4.79 Å². The third-order valence-electron chi connectivity index (χ3n) is 2.70. The molecule has 0 heterocycles.